The van der Waals surface area contributed by atoms with Crippen LogP contribution in [0.3, 0.4) is 0 Å². The number of hydrogen-bond acceptors (Lipinski definition) is 4. The third kappa shape index (κ3) is 5.37. The molecule has 0 aliphatic heterocycles. The number of nitrogens with zero attached hydrogens (tertiary/aromatic N) is 1. The Bertz CT molecular complexity index is 1170. The summed E-state index contributed by atoms with van der Waals surface area (Å²) in [7, 11) is 0. The average molecular weight is 486 g/mol. The van der Waals surface area contributed by atoms with Gasteiger partial charge in [-0.15, -0.1) is 0 Å². The zero-order valence-electron chi connectivity index (χ0n) is 18.4. The molecule has 3 rings (SSSR count). The number of benzene rings is 3. The predicted molar refractivity (Wildman–Crippen MR) is 124 cm³/mol. The molecule has 1 N–H and O–H groups in total. The van der Waals surface area contributed by atoms with E-state index >= 15 is 0 Å². The lowest BCUT2D eigenvalue weighted by atomic mass is 9.62. The molecule has 3 aromatic carbocycles. The van der Waals surface area contributed by atoms with Crippen LogP contribution in [0.25, 0.3) is 0 Å². The Morgan fingerprint density at radius 2 is 1.59 bits per heavy atom. The second kappa shape index (κ2) is 10.2. The third-order valence-electron chi connectivity index (χ3n) is 5.58. The molecule has 0 fully saturated rings. The van der Waals surface area contributed by atoms with Crippen LogP contribution in [0.5, 0.6) is 11.5 Å². The average Bonchev–Trinajstić information content (AvgIpc) is 2.77. The van der Waals surface area contributed by atoms with Gasteiger partial charge in [0.2, 0.25) is 0 Å². The highest BCUT2D eigenvalue weighted by atomic mass is 32.2. The van der Waals surface area contributed by atoms with Crippen LogP contribution in [0, 0.1) is 17.2 Å². The van der Waals surface area contributed by atoms with Gasteiger partial charge < -0.3 is 9.84 Å². The molecule has 3 aromatic rings. The number of aliphatic carboxylic acids is 1. The molecule has 0 aliphatic rings. The predicted octanol–water partition coefficient (Wildman–Crippen LogP) is 7.38. The van der Waals surface area contributed by atoms with Gasteiger partial charge in [0.15, 0.2) is 0 Å². The minimum Gasteiger partial charge on any atom is -0.481 e. The van der Waals surface area contributed by atoms with E-state index in [0.29, 0.717) is 17.1 Å². The van der Waals surface area contributed by atoms with Gasteiger partial charge in [0, 0.05) is 4.90 Å². The maximum absolute atomic E-state index is 12.8. The van der Waals surface area contributed by atoms with Crippen molar-refractivity contribution in [1.82, 2.24) is 0 Å². The molecule has 0 saturated carbocycles. The zero-order chi connectivity index (χ0) is 24.9. The summed E-state index contributed by atoms with van der Waals surface area (Å²) in [5.41, 5.74) is -5.48. The highest BCUT2D eigenvalue weighted by Crippen LogP contribution is 2.47. The maximum atomic E-state index is 12.8. The quantitative estimate of drug-likeness (QED) is 0.337. The highest BCUT2D eigenvalue weighted by Gasteiger charge is 2.51. The molecule has 2 unspecified atom stereocenters. The molecule has 0 bridgehead atoms. The molecule has 0 saturated heterocycles. The Labute approximate surface area is 200 Å². The van der Waals surface area contributed by atoms with Gasteiger partial charge in [-0.3, -0.25) is 4.79 Å². The zero-order valence-corrected chi connectivity index (χ0v) is 19.2. The van der Waals surface area contributed by atoms with Gasteiger partial charge in [-0.1, -0.05) is 56.3 Å². The van der Waals surface area contributed by atoms with Gasteiger partial charge in [0.25, 0.3) is 0 Å². The monoisotopic (exact) mass is 485 g/mol. The first kappa shape index (κ1) is 25.2. The summed E-state index contributed by atoms with van der Waals surface area (Å²) >= 11 is -0.279. The number of carbonyl (C=O) groups is 1. The van der Waals surface area contributed by atoms with Crippen LogP contribution in [-0.4, -0.2) is 16.6 Å². The Balaban J connectivity index is 2.07. The van der Waals surface area contributed by atoms with E-state index in [1.54, 1.807) is 50.2 Å². The molecular weight excluding hydrogens is 463 g/mol. The van der Waals surface area contributed by atoms with Crippen molar-refractivity contribution in [3.63, 3.8) is 0 Å². The van der Waals surface area contributed by atoms with E-state index in [9.17, 15) is 28.3 Å². The number of ether oxygens (including phenoxy) is 1. The van der Waals surface area contributed by atoms with Crippen LogP contribution in [0.2, 0.25) is 0 Å². The molecule has 4 nitrogen and oxygen atoms in total. The summed E-state index contributed by atoms with van der Waals surface area (Å²) in [6.45, 7) is 3.36. The van der Waals surface area contributed by atoms with E-state index < -0.39 is 28.7 Å². The number of carboxylic acids is 1. The number of para-hydroxylation sites is 1. The van der Waals surface area contributed by atoms with Crippen LogP contribution in [0.4, 0.5) is 13.2 Å². The number of thioether (sulfide) groups is 1. The van der Waals surface area contributed by atoms with Gasteiger partial charge in [0.1, 0.15) is 16.9 Å². The summed E-state index contributed by atoms with van der Waals surface area (Å²) in [4.78, 5) is 12.7. The first-order valence-electron chi connectivity index (χ1n) is 10.4. The summed E-state index contributed by atoms with van der Waals surface area (Å²) in [5.74, 6) is -1.91. The number of nitriles is 1. The largest absolute Gasteiger partial charge is 0.481 e. The second-order valence-electron chi connectivity index (χ2n) is 7.95. The Kier molecular flexibility index (Phi) is 7.57. The number of halogens is 3. The van der Waals surface area contributed by atoms with Crippen molar-refractivity contribution >= 4 is 17.7 Å². The summed E-state index contributed by atoms with van der Waals surface area (Å²) in [5, 5.41) is 20.6. The normalized spacial score (nSPS) is 14.1. The van der Waals surface area contributed by atoms with Crippen molar-refractivity contribution < 1.29 is 27.8 Å². The summed E-state index contributed by atoms with van der Waals surface area (Å²) in [6, 6.07) is 23.0. The summed E-state index contributed by atoms with van der Waals surface area (Å²) in [6.07, 6.45) is 0. The Morgan fingerprint density at radius 1 is 0.971 bits per heavy atom. The van der Waals surface area contributed by atoms with E-state index in [-0.39, 0.29) is 22.2 Å². The molecule has 0 aliphatic carbocycles. The molecule has 176 valence electrons. The van der Waals surface area contributed by atoms with Crippen molar-refractivity contribution in [3.8, 4) is 17.6 Å². The molecule has 0 amide bonds. The topological polar surface area (TPSA) is 70.3 Å². The molecule has 8 heteroatoms. The maximum Gasteiger partial charge on any atom is 0.446 e. The second-order valence-corrected chi connectivity index (χ2v) is 9.09. The van der Waals surface area contributed by atoms with E-state index in [2.05, 4.69) is 6.07 Å². The molecule has 0 radical (unpaired) electrons. The number of alkyl halides is 3. The fraction of sp³-hybridized carbons (Fsp3) is 0.231. The lowest BCUT2D eigenvalue weighted by molar-refractivity contribution is -0.146. The first-order valence-corrected chi connectivity index (χ1v) is 11.2. The molecule has 2 atom stereocenters. The fourth-order valence-electron chi connectivity index (χ4n) is 4.08. The van der Waals surface area contributed by atoms with Crippen molar-refractivity contribution in [3.05, 3.63) is 90.0 Å². The standard InChI is InChI=1S/C26H22F3NO3S/c1-17(2)25(24(31)32,19-11-13-22(14-12-19)34-26(27,28)29)23(16-30)18-7-6-10-21(15-18)33-20-8-4-3-5-9-20/h3-15,17,23H,1-2H3,(H,31,32). The van der Waals surface area contributed by atoms with Crippen molar-refractivity contribution in [2.75, 3.05) is 0 Å². The summed E-state index contributed by atoms with van der Waals surface area (Å²) < 4.78 is 44.1. The lowest BCUT2D eigenvalue weighted by Gasteiger charge is -2.38. The van der Waals surface area contributed by atoms with E-state index in [0.717, 1.165) is 0 Å². The van der Waals surface area contributed by atoms with Gasteiger partial charge in [-0.05, 0) is 65.2 Å². The van der Waals surface area contributed by atoms with Crippen molar-refractivity contribution in [2.45, 2.75) is 35.6 Å². The SMILES string of the molecule is CC(C)C(C(=O)O)(c1ccc(SC(F)(F)F)cc1)C(C#N)c1cccc(Oc2ccccc2)c1. The van der Waals surface area contributed by atoms with Crippen LogP contribution in [0.15, 0.2) is 83.8 Å². The third-order valence-corrected chi connectivity index (χ3v) is 6.32. The van der Waals surface area contributed by atoms with Crippen molar-refractivity contribution in [1.29, 1.82) is 5.26 Å². The minimum absolute atomic E-state index is 0.0638. The van der Waals surface area contributed by atoms with Gasteiger partial charge in [-0.25, -0.2) is 0 Å². The van der Waals surface area contributed by atoms with E-state index in [1.165, 1.54) is 24.3 Å². The van der Waals surface area contributed by atoms with E-state index in [4.69, 9.17) is 4.74 Å². The Hall–Kier alpha value is -3.44. The number of carboxylic acid groups (broad SMARTS) is 1. The van der Waals surface area contributed by atoms with Crippen LogP contribution in [0.1, 0.15) is 30.9 Å². The van der Waals surface area contributed by atoms with Crippen LogP contribution in [-0.2, 0) is 10.2 Å². The van der Waals surface area contributed by atoms with Gasteiger partial charge in [0.05, 0.1) is 12.0 Å². The van der Waals surface area contributed by atoms with E-state index in [1.807, 2.05) is 18.2 Å². The van der Waals surface area contributed by atoms with Crippen LogP contribution >= 0.6 is 11.8 Å². The van der Waals surface area contributed by atoms with Crippen molar-refractivity contribution in [2.24, 2.45) is 5.92 Å². The van der Waals surface area contributed by atoms with Gasteiger partial charge in [-0.2, -0.15) is 18.4 Å². The van der Waals surface area contributed by atoms with Gasteiger partial charge >= 0.3 is 11.5 Å². The smallest absolute Gasteiger partial charge is 0.446 e. The molecule has 0 heterocycles. The molecular formula is C26H22F3NO3S. The lowest BCUT2D eigenvalue weighted by Crippen LogP contribution is -2.46. The molecule has 0 aromatic heterocycles. The number of hydrogen-bond donors (Lipinski definition) is 1. The van der Waals surface area contributed by atoms with Crippen LogP contribution < -0.4 is 4.74 Å². The molecule has 0 spiro atoms. The Morgan fingerprint density at radius 3 is 2.12 bits per heavy atom. The minimum atomic E-state index is -4.46. The fourth-order valence-corrected chi connectivity index (χ4v) is 4.62. The molecule has 34 heavy (non-hydrogen) atoms. The first-order chi connectivity index (χ1) is 16.1. The highest BCUT2D eigenvalue weighted by molar-refractivity contribution is 8.00. The number of rotatable bonds is 8.